The number of hydrogen-bond acceptors (Lipinski definition) is 4. The molecule has 1 aromatic rings. The number of aryl methyl sites for hydroxylation is 1. The predicted molar refractivity (Wildman–Crippen MR) is 85.3 cm³/mol. The van der Waals surface area contributed by atoms with Crippen molar-refractivity contribution in [3.8, 4) is 0 Å². The van der Waals surface area contributed by atoms with Crippen molar-refractivity contribution >= 4 is 17.2 Å². The topological polar surface area (TPSA) is 38.8 Å². The van der Waals surface area contributed by atoms with Gasteiger partial charge < -0.3 is 14.4 Å². The average molecular weight is 321 g/mol. The number of amides is 1. The van der Waals surface area contributed by atoms with E-state index in [-0.39, 0.29) is 24.2 Å². The molecular formula is C17H23NO3S. The van der Waals surface area contributed by atoms with Crippen LogP contribution in [0.2, 0.25) is 0 Å². The van der Waals surface area contributed by atoms with Crippen LogP contribution in [0.25, 0.3) is 0 Å². The molecule has 3 fully saturated rings. The summed E-state index contributed by atoms with van der Waals surface area (Å²) in [5.41, 5.74) is 1.07. The maximum Gasteiger partial charge on any atom is 0.264 e. The zero-order valence-corrected chi connectivity index (χ0v) is 13.8. The molecule has 120 valence electrons. The molecule has 1 aromatic heterocycles. The quantitative estimate of drug-likeness (QED) is 0.856. The van der Waals surface area contributed by atoms with Crippen molar-refractivity contribution < 1.29 is 14.3 Å². The molecule has 0 spiro atoms. The summed E-state index contributed by atoms with van der Waals surface area (Å²) in [4.78, 5) is 15.8. The van der Waals surface area contributed by atoms with Gasteiger partial charge in [0.15, 0.2) is 0 Å². The number of nitrogens with zero attached hydrogens (tertiary/aromatic N) is 1. The Morgan fingerprint density at radius 1 is 1.41 bits per heavy atom. The highest BCUT2D eigenvalue weighted by atomic mass is 32.1. The van der Waals surface area contributed by atoms with Gasteiger partial charge in [-0.25, -0.2) is 0 Å². The average Bonchev–Trinajstić information content (AvgIpc) is 3.13. The summed E-state index contributed by atoms with van der Waals surface area (Å²) in [7, 11) is 0. The zero-order valence-electron chi connectivity index (χ0n) is 13.0. The van der Waals surface area contributed by atoms with Crippen LogP contribution in [0.3, 0.4) is 0 Å². The minimum absolute atomic E-state index is 0.0623. The number of thiophene rings is 1. The number of rotatable bonds is 4. The third-order valence-electron chi connectivity index (χ3n) is 5.10. The van der Waals surface area contributed by atoms with Gasteiger partial charge in [0.1, 0.15) is 6.10 Å². The molecule has 2 aliphatic carbocycles. The minimum atomic E-state index is 0.0623. The molecule has 1 amide bonds. The lowest BCUT2D eigenvalue weighted by Gasteiger charge is -2.31. The number of ether oxygens (including phenoxy) is 2. The van der Waals surface area contributed by atoms with E-state index in [0.29, 0.717) is 13.2 Å². The highest BCUT2D eigenvalue weighted by Gasteiger charge is 2.45. The normalized spacial score (nSPS) is 31.3. The largest absolute Gasteiger partial charge is 0.374 e. The van der Waals surface area contributed by atoms with Crippen molar-refractivity contribution in [1.82, 2.24) is 4.90 Å². The first-order valence-electron chi connectivity index (χ1n) is 8.32. The minimum Gasteiger partial charge on any atom is -0.374 e. The maximum absolute atomic E-state index is 12.9. The third-order valence-corrected chi connectivity index (χ3v) is 6.10. The van der Waals surface area contributed by atoms with Gasteiger partial charge in [0.25, 0.3) is 5.91 Å². The van der Waals surface area contributed by atoms with Crippen molar-refractivity contribution in [2.24, 2.45) is 5.92 Å². The lowest BCUT2D eigenvalue weighted by Crippen LogP contribution is -2.46. The summed E-state index contributed by atoms with van der Waals surface area (Å²) < 4.78 is 12.2. The van der Waals surface area contributed by atoms with Crippen LogP contribution in [0.1, 0.15) is 40.9 Å². The lowest BCUT2D eigenvalue weighted by atomic mass is 10.1. The molecule has 1 saturated heterocycles. The smallest absolute Gasteiger partial charge is 0.264 e. The molecule has 2 saturated carbocycles. The van der Waals surface area contributed by atoms with E-state index in [1.165, 1.54) is 12.8 Å². The molecule has 0 aromatic carbocycles. The van der Waals surface area contributed by atoms with E-state index in [4.69, 9.17) is 9.47 Å². The Kier molecular flexibility index (Phi) is 3.96. The van der Waals surface area contributed by atoms with Crippen LogP contribution in [-0.4, -0.2) is 48.8 Å². The molecule has 4 nitrogen and oxygen atoms in total. The van der Waals surface area contributed by atoms with Crippen molar-refractivity contribution in [3.05, 3.63) is 21.9 Å². The van der Waals surface area contributed by atoms with Gasteiger partial charge in [0.2, 0.25) is 0 Å². The van der Waals surface area contributed by atoms with E-state index >= 15 is 0 Å². The Balaban J connectivity index is 1.53. The van der Waals surface area contributed by atoms with E-state index < -0.39 is 0 Å². The van der Waals surface area contributed by atoms with Gasteiger partial charge >= 0.3 is 0 Å². The summed E-state index contributed by atoms with van der Waals surface area (Å²) in [5, 5.41) is 2.00. The fourth-order valence-corrected chi connectivity index (χ4v) is 4.50. The van der Waals surface area contributed by atoms with E-state index in [2.05, 4.69) is 0 Å². The number of fused-ring (bicyclic) bond motifs is 2. The molecule has 5 heteroatoms. The molecule has 3 atom stereocenters. The van der Waals surface area contributed by atoms with Crippen molar-refractivity contribution in [2.45, 2.75) is 50.9 Å². The standard InChI is InChI=1S/C17H23NO3S/c1-11-6-9-22-16(11)17(19)18-7-8-20-14-5-4-13(18)15(14)21-10-12-2-3-12/h6,9,12-15H,2-5,7-8,10H2,1H3. The van der Waals surface area contributed by atoms with Gasteiger partial charge in [-0.1, -0.05) is 0 Å². The Hall–Kier alpha value is -0.910. The van der Waals surface area contributed by atoms with Crippen molar-refractivity contribution in [1.29, 1.82) is 0 Å². The van der Waals surface area contributed by atoms with Gasteiger partial charge in [0, 0.05) is 13.2 Å². The molecular weight excluding hydrogens is 298 g/mol. The molecule has 0 radical (unpaired) electrons. The molecule has 2 bridgehead atoms. The SMILES string of the molecule is Cc1ccsc1C(=O)N1CCOC2CCC1C2OCC1CC1. The Morgan fingerprint density at radius 2 is 2.27 bits per heavy atom. The number of carbonyl (C=O) groups is 1. The highest BCUT2D eigenvalue weighted by Crippen LogP contribution is 2.36. The second kappa shape index (κ2) is 5.95. The summed E-state index contributed by atoms with van der Waals surface area (Å²) in [6.07, 6.45) is 4.82. The monoisotopic (exact) mass is 321 g/mol. The second-order valence-electron chi connectivity index (χ2n) is 6.73. The molecule has 22 heavy (non-hydrogen) atoms. The van der Waals surface area contributed by atoms with Gasteiger partial charge in [-0.3, -0.25) is 4.79 Å². The summed E-state index contributed by atoms with van der Waals surface area (Å²) >= 11 is 1.54. The van der Waals surface area contributed by atoms with Crippen LogP contribution < -0.4 is 0 Å². The molecule has 2 heterocycles. The Morgan fingerprint density at radius 3 is 3.00 bits per heavy atom. The van der Waals surface area contributed by atoms with E-state index in [9.17, 15) is 4.79 Å². The molecule has 3 aliphatic rings. The summed E-state index contributed by atoms with van der Waals surface area (Å²) in [5.74, 6) is 0.898. The van der Waals surface area contributed by atoms with Crippen LogP contribution in [-0.2, 0) is 9.47 Å². The fourth-order valence-electron chi connectivity index (χ4n) is 3.62. The predicted octanol–water partition coefficient (Wildman–Crippen LogP) is 2.86. The van der Waals surface area contributed by atoms with Gasteiger partial charge in [-0.2, -0.15) is 0 Å². The maximum atomic E-state index is 12.9. The van der Waals surface area contributed by atoms with Crippen LogP contribution >= 0.6 is 11.3 Å². The number of hydrogen-bond donors (Lipinski definition) is 0. The molecule has 3 unspecified atom stereocenters. The van der Waals surface area contributed by atoms with Crippen molar-refractivity contribution in [2.75, 3.05) is 19.8 Å². The second-order valence-corrected chi connectivity index (χ2v) is 7.64. The van der Waals surface area contributed by atoms with Gasteiger partial charge in [-0.15, -0.1) is 11.3 Å². The summed E-state index contributed by atoms with van der Waals surface area (Å²) in [6, 6.07) is 2.20. The third kappa shape index (κ3) is 2.70. The molecule has 1 aliphatic heterocycles. The molecule has 0 N–H and O–H groups in total. The lowest BCUT2D eigenvalue weighted by molar-refractivity contribution is -0.0556. The van der Waals surface area contributed by atoms with E-state index in [0.717, 1.165) is 35.8 Å². The van der Waals surface area contributed by atoms with Crippen LogP contribution in [0.5, 0.6) is 0 Å². The van der Waals surface area contributed by atoms with Gasteiger partial charge in [0.05, 0.1) is 23.6 Å². The first-order chi connectivity index (χ1) is 10.7. The zero-order chi connectivity index (χ0) is 15.1. The first kappa shape index (κ1) is 14.7. The van der Waals surface area contributed by atoms with Crippen LogP contribution in [0.4, 0.5) is 0 Å². The van der Waals surface area contributed by atoms with E-state index in [1.807, 2.05) is 23.3 Å². The van der Waals surface area contributed by atoms with Crippen molar-refractivity contribution in [3.63, 3.8) is 0 Å². The first-order valence-corrected chi connectivity index (χ1v) is 9.20. The van der Waals surface area contributed by atoms with Crippen LogP contribution in [0.15, 0.2) is 11.4 Å². The Labute approximate surface area is 135 Å². The fraction of sp³-hybridized carbons (Fsp3) is 0.706. The highest BCUT2D eigenvalue weighted by molar-refractivity contribution is 7.12. The Bertz CT molecular complexity index is 554. The van der Waals surface area contributed by atoms with Gasteiger partial charge in [-0.05, 0) is 55.5 Å². The molecule has 4 rings (SSSR count). The van der Waals surface area contributed by atoms with E-state index in [1.54, 1.807) is 11.3 Å². The number of carbonyl (C=O) groups excluding carboxylic acids is 1. The summed E-state index contributed by atoms with van der Waals surface area (Å²) in [6.45, 7) is 4.15. The van der Waals surface area contributed by atoms with Crippen LogP contribution in [0, 0.1) is 12.8 Å².